The molecule has 0 spiro atoms. The number of ether oxygens (including phenoxy) is 1. The van der Waals surface area contributed by atoms with Crippen LogP contribution >= 0.6 is 0 Å². The zero-order valence-electron chi connectivity index (χ0n) is 31.9. The van der Waals surface area contributed by atoms with E-state index < -0.39 is 23.8 Å². The van der Waals surface area contributed by atoms with Crippen LogP contribution in [0.1, 0.15) is 48.9 Å². The minimum absolute atomic E-state index is 0.198. The molecule has 2 aromatic heterocycles. The van der Waals surface area contributed by atoms with Crippen LogP contribution in [0.3, 0.4) is 0 Å². The molecule has 3 aromatic carbocycles. The molecule has 4 fully saturated rings. The molecule has 2 atom stereocenters. The fraction of sp³-hybridized carbons (Fsp3) is 0.372. The van der Waals surface area contributed by atoms with Crippen LogP contribution in [-0.2, 0) is 25.7 Å². The number of carbonyl (C=O) groups excluding carboxylic acids is 4. The quantitative estimate of drug-likeness (QED) is 0.120. The Morgan fingerprint density at radius 3 is 2.33 bits per heavy atom. The Labute approximate surface area is 334 Å². The summed E-state index contributed by atoms with van der Waals surface area (Å²) in [4.78, 5) is 67.4. The number of aldehydes is 1. The number of piperidine rings is 2. The number of ketones is 1. The number of nitrogens with one attached hydrogen (secondary N) is 1. The van der Waals surface area contributed by atoms with Gasteiger partial charge in [-0.2, -0.15) is 5.10 Å². The van der Waals surface area contributed by atoms with E-state index in [1.54, 1.807) is 4.90 Å². The van der Waals surface area contributed by atoms with Crippen molar-refractivity contribution < 1.29 is 23.9 Å². The first kappa shape index (κ1) is 36.3. The number of aromatic nitrogens is 4. The second kappa shape index (κ2) is 14.7. The summed E-state index contributed by atoms with van der Waals surface area (Å²) in [6, 6.07) is 23.4. The van der Waals surface area contributed by atoms with Gasteiger partial charge in [-0.15, -0.1) is 0 Å². The Bertz CT molecular complexity index is 2400. The highest BCUT2D eigenvalue weighted by atomic mass is 16.5. The van der Waals surface area contributed by atoms with E-state index in [1.165, 1.54) is 6.33 Å². The molecule has 0 aliphatic carbocycles. The molecule has 2 amide bonds. The molecule has 296 valence electrons. The van der Waals surface area contributed by atoms with Crippen molar-refractivity contribution in [3.05, 3.63) is 90.3 Å². The number of nitrogens with zero attached hydrogens (tertiary/aromatic N) is 8. The molecule has 3 N–H and O–H groups in total. The SMILES string of the molecule is Nc1ncnc2c1c(-c1ccc(Oc3ccccc3)cc1)nn2C1CCN(C2CN(C3CN(c4ccc5c(c4)C(C(=O)C=O)N([C@@H]4CCC(=O)NC4=O)C5)C3)C2)CC1. The number of para-hydroxylation sites is 1. The topological polar surface area (TPSA) is 172 Å². The molecule has 4 saturated heterocycles. The molecule has 1 unspecified atom stereocenters. The van der Waals surface area contributed by atoms with Crippen LogP contribution in [0.2, 0.25) is 0 Å². The Morgan fingerprint density at radius 1 is 0.845 bits per heavy atom. The third-order valence-electron chi connectivity index (χ3n) is 12.7. The van der Waals surface area contributed by atoms with Crippen molar-refractivity contribution in [1.82, 2.24) is 39.8 Å². The van der Waals surface area contributed by atoms with Gasteiger partial charge < -0.3 is 15.4 Å². The van der Waals surface area contributed by atoms with Crippen molar-refractivity contribution in [2.75, 3.05) is 49.9 Å². The third-order valence-corrected chi connectivity index (χ3v) is 12.7. The number of amides is 2. The first-order chi connectivity index (χ1) is 28.3. The summed E-state index contributed by atoms with van der Waals surface area (Å²) in [6.07, 6.45) is 4.32. The van der Waals surface area contributed by atoms with Crippen LogP contribution in [-0.4, -0.2) is 116 Å². The summed E-state index contributed by atoms with van der Waals surface area (Å²) in [6.45, 7) is 6.19. The van der Waals surface area contributed by atoms with Crippen molar-refractivity contribution in [1.29, 1.82) is 0 Å². The minimum Gasteiger partial charge on any atom is -0.457 e. The van der Waals surface area contributed by atoms with Gasteiger partial charge in [0, 0.05) is 75.6 Å². The standard InChI is InChI=1S/C43H44N10O5/c44-41-38-39(26-7-10-33(11-8-26)58-32-4-2-1-3-5-32)48-53(42(38)46-25-45-41)28-14-16-49(17-15-28)30-20-51(21-30)31-22-50(23-31)29-9-6-27-19-52(35-12-13-37(56)47-43(35)57)40(34(27)18-29)36(55)24-54/h1-11,18,24-25,28,30-31,35,40H,12-17,19-23H2,(H2,44,45,46)(H,47,56,57)/t35-,40?/m1/s1. The van der Waals surface area contributed by atoms with Gasteiger partial charge in [0.1, 0.15) is 35.4 Å². The van der Waals surface area contributed by atoms with E-state index >= 15 is 0 Å². The average molecular weight is 781 g/mol. The average Bonchev–Trinajstić information content (AvgIpc) is 3.78. The number of carbonyl (C=O) groups is 4. The van der Waals surface area contributed by atoms with Crippen molar-refractivity contribution >= 4 is 46.4 Å². The first-order valence-corrected chi connectivity index (χ1v) is 20.1. The maximum absolute atomic E-state index is 12.9. The van der Waals surface area contributed by atoms with Crippen LogP contribution in [0.5, 0.6) is 11.5 Å². The van der Waals surface area contributed by atoms with E-state index in [2.05, 4.69) is 40.7 Å². The second-order valence-electron chi connectivity index (χ2n) is 16.1. The maximum Gasteiger partial charge on any atom is 0.243 e. The number of rotatable bonds is 10. The van der Waals surface area contributed by atoms with E-state index in [-0.39, 0.29) is 18.4 Å². The zero-order valence-corrected chi connectivity index (χ0v) is 31.9. The lowest BCUT2D eigenvalue weighted by atomic mass is 9.94. The van der Waals surface area contributed by atoms with Gasteiger partial charge in [0.2, 0.25) is 17.6 Å². The lowest BCUT2D eigenvalue weighted by Gasteiger charge is -2.55. The highest BCUT2D eigenvalue weighted by molar-refractivity contribution is 6.27. The number of Topliss-reactive ketones (excluding diaryl/α,β-unsaturated/α-hetero) is 1. The fourth-order valence-electron chi connectivity index (χ4n) is 9.48. The molecule has 5 aliphatic heterocycles. The number of hydrogen-bond donors (Lipinski definition) is 2. The van der Waals surface area contributed by atoms with Gasteiger partial charge in [-0.05, 0) is 78.9 Å². The number of likely N-dealkylation sites (tertiary alicyclic amines) is 2. The van der Waals surface area contributed by atoms with Crippen molar-refractivity contribution in [3.8, 4) is 22.8 Å². The Hall–Kier alpha value is -6.03. The van der Waals surface area contributed by atoms with Crippen LogP contribution in [0, 0.1) is 0 Å². The predicted octanol–water partition coefficient (Wildman–Crippen LogP) is 3.51. The summed E-state index contributed by atoms with van der Waals surface area (Å²) < 4.78 is 8.07. The Morgan fingerprint density at radius 2 is 1.59 bits per heavy atom. The predicted molar refractivity (Wildman–Crippen MR) is 215 cm³/mol. The second-order valence-corrected chi connectivity index (χ2v) is 16.1. The van der Waals surface area contributed by atoms with Gasteiger partial charge >= 0.3 is 0 Å². The van der Waals surface area contributed by atoms with Crippen LogP contribution in [0.25, 0.3) is 22.3 Å². The molecule has 0 bridgehead atoms. The zero-order chi connectivity index (χ0) is 39.5. The molecule has 0 radical (unpaired) electrons. The van der Waals surface area contributed by atoms with E-state index in [9.17, 15) is 19.2 Å². The highest BCUT2D eigenvalue weighted by Gasteiger charge is 2.45. The summed E-state index contributed by atoms with van der Waals surface area (Å²) in [5.74, 6) is 0.640. The van der Waals surface area contributed by atoms with Gasteiger partial charge in [0.05, 0.1) is 17.5 Å². The molecule has 5 aromatic rings. The smallest absolute Gasteiger partial charge is 0.243 e. The van der Waals surface area contributed by atoms with Crippen LogP contribution in [0.15, 0.2) is 79.1 Å². The first-order valence-electron chi connectivity index (χ1n) is 20.1. The molecule has 7 heterocycles. The Kier molecular flexibility index (Phi) is 9.22. The van der Waals surface area contributed by atoms with Gasteiger partial charge in [-0.25, -0.2) is 14.6 Å². The van der Waals surface area contributed by atoms with Gasteiger partial charge in [-0.3, -0.25) is 39.2 Å². The molecule has 58 heavy (non-hydrogen) atoms. The number of hydrogen-bond acceptors (Lipinski definition) is 13. The summed E-state index contributed by atoms with van der Waals surface area (Å²) in [5.41, 5.74) is 11.6. The monoisotopic (exact) mass is 780 g/mol. The highest BCUT2D eigenvalue weighted by Crippen LogP contribution is 2.41. The molecule has 10 rings (SSSR count). The van der Waals surface area contributed by atoms with E-state index in [0.29, 0.717) is 37.2 Å². The number of imide groups is 1. The fourth-order valence-corrected chi connectivity index (χ4v) is 9.48. The van der Waals surface area contributed by atoms with E-state index in [0.717, 1.165) is 103 Å². The van der Waals surface area contributed by atoms with Gasteiger partial charge in [0.25, 0.3) is 0 Å². The molecule has 5 aliphatic rings. The normalized spacial score (nSPS) is 22.4. The largest absolute Gasteiger partial charge is 0.457 e. The number of nitrogens with two attached hydrogens (primary N) is 1. The molecule has 15 nitrogen and oxygen atoms in total. The molecular weight excluding hydrogens is 737 g/mol. The molecular formula is C43H44N10O5. The molecule has 0 saturated carbocycles. The van der Waals surface area contributed by atoms with Crippen molar-refractivity contribution in [2.45, 2.75) is 62.4 Å². The van der Waals surface area contributed by atoms with E-state index in [4.69, 9.17) is 15.6 Å². The van der Waals surface area contributed by atoms with E-state index in [1.807, 2.05) is 66.7 Å². The summed E-state index contributed by atoms with van der Waals surface area (Å²) in [5, 5.41) is 8.27. The lowest BCUT2D eigenvalue weighted by Crippen LogP contribution is -2.70. The van der Waals surface area contributed by atoms with Crippen LogP contribution < -0.4 is 20.7 Å². The van der Waals surface area contributed by atoms with Crippen molar-refractivity contribution in [3.63, 3.8) is 0 Å². The van der Waals surface area contributed by atoms with Crippen LogP contribution in [0.4, 0.5) is 11.5 Å². The van der Waals surface area contributed by atoms with Gasteiger partial charge in [0.15, 0.2) is 11.9 Å². The maximum atomic E-state index is 12.9. The number of fused-ring (bicyclic) bond motifs is 2. The summed E-state index contributed by atoms with van der Waals surface area (Å²) in [7, 11) is 0. The lowest BCUT2D eigenvalue weighted by molar-refractivity contribution is -0.141. The number of benzene rings is 3. The number of nitrogen functional groups attached to an aromatic ring is 1. The van der Waals surface area contributed by atoms with Gasteiger partial charge in [-0.1, -0.05) is 24.3 Å². The van der Waals surface area contributed by atoms with Crippen molar-refractivity contribution in [2.24, 2.45) is 0 Å². The minimum atomic E-state index is -0.826. The summed E-state index contributed by atoms with van der Waals surface area (Å²) >= 11 is 0. The molecule has 15 heteroatoms. The number of anilines is 2. The third kappa shape index (κ3) is 6.48. The Balaban J connectivity index is 0.745.